The first-order valence-corrected chi connectivity index (χ1v) is 19.4. The van der Waals surface area contributed by atoms with Gasteiger partial charge >= 0.3 is 127 Å². The number of imide groups is 2. The van der Waals surface area contributed by atoms with Gasteiger partial charge in [-0.3, -0.25) is 38.9 Å². The SMILES string of the molecule is C.CC(=O)Nc1cc2c(cc1F)C1(CC2)OC(=O)N(CC(=O)OC(C)(C)C)C1=O.CC(=O)Nc1cc2c(cc1F)C1(CC2)OC(=O)NC1=O.CC(C)(C)OC(=O)CBr.O=CO[O-].[H-].[K+].[K+]. The predicted molar refractivity (Wildman–Crippen MR) is 215 cm³/mol. The van der Waals surface area contributed by atoms with Crippen molar-refractivity contribution in [1.82, 2.24) is 10.2 Å². The number of alkyl halides is 1. The zero-order valence-corrected chi connectivity index (χ0v) is 44.2. The Balaban J connectivity index is 0. The summed E-state index contributed by atoms with van der Waals surface area (Å²) >= 11 is 2.99. The minimum absolute atomic E-state index is 0. The molecule has 6 amide bonds. The van der Waals surface area contributed by atoms with E-state index in [1.807, 2.05) is 20.8 Å². The third-order valence-electron chi connectivity index (χ3n) is 8.57. The van der Waals surface area contributed by atoms with Crippen LogP contribution in [0.15, 0.2) is 24.3 Å². The zero-order valence-electron chi connectivity index (χ0n) is 37.3. The zero-order chi connectivity index (χ0) is 46.2. The summed E-state index contributed by atoms with van der Waals surface area (Å²) in [6, 6.07) is 5.14. The minimum atomic E-state index is -1.66. The first kappa shape index (κ1) is 61.2. The first-order chi connectivity index (χ1) is 28.2. The summed E-state index contributed by atoms with van der Waals surface area (Å²) < 4.78 is 48.8. The van der Waals surface area contributed by atoms with Crippen LogP contribution in [0.1, 0.15) is 99.3 Å². The Bertz CT molecular complexity index is 2140. The number of esters is 2. The molecule has 0 bridgehead atoms. The fraction of sp³-hybridized carbons (Fsp3) is 0.475. The second-order valence-electron chi connectivity index (χ2n) is 15.6. The molecule has 2 saturated heterocycles. The van der Waals surface area contributed by atoms with Gasteiger partial charge in [-0.1, -0.05) is 23.4 Å². The number of fused-ring (bicyclic) bond motifs is 4. The molecule has 2 aromatic rings. The number of nitrogens with zero attached hydrogens (tertiary/aromatic N) is 1. The minimum Gasteiger partial charge on any atom is -1.00 e. The van der Waals surface area contributed by atoms with Crippen molar-refractivity contribution in [1.29, 1.82) is 0 Å². The van der Waals surface area contributed by atoms with Crippen LogP contribution in [0.4, 0.5) is 29.7 Å². The number of carbonyl (C=O) groups is 9. The molecule has 2 atom stereocenters. The van der Waals surface area contributed by atoms with E-state index >= 15 is 0 Å². The monoisotopic (exact) mass is 1020 g/mol. The molecule has 3 N–H and O–H groups in total. The standard InChI is InChI=1S/C19H21FN2O6.C13H11FN2O4.C6H11BrO2.CH2O3.CH4.2K.H/c1-10(23)21-14-7-11-5-6-19(12(11)8-13(14)20)16(25)22(17(26)28-19)9-15(24)27-18(2,3)4;1-6(17)15-10-4-7-2-3-13(8(7)5-9(10)14)11(18)16-12(19)20-13;1-6(2,3)9-5(8)4-7;2-1-4-3;;;;/h7-8H,5-6,9H2,1-4H3,(H,21,23);4-5H,2-3H2,1H3,(H,15,17)(H,16,18,19);4H2,1-3H3;1,3H;1H4;;;/q;;;;;2*+1;-1/p-1. The van der Waals surface area contributed by atoms with E-state index in [-0.39, 0.29) is 171 Å². The van der Waals surface area contributed by atoms with E-state index in [4.69, 9.17) is 29.0 Å². The Morgan fingerprint density at radius 2 is 1.25 bits per heavy atom. The Morgan fingerprint density at radius 3 is 1.61 bits per heavy atom. The molecule has 6 rings (SSSR count). The molecule has 2 unspecified atom stereocenters. The Kier molecular flexibility index (Phi) is 24.3. The van der Waals surface area contributed by atoms with E-state index in [1.165, 1.54) is 26.0 Å². The summed E-state index contributed by atoms with van der Waals surface area (Å²) in [5.74, 6) is -4.51. The maximum atomic E-state index is 14.4. The van der Waals surface area contributed by atoms with Gasteiger partial charge in [0.2, 0.25) is 23.0 Å². The molecule has 0 aromatic heterocycles. The molecule has 19 nitrogen and oxygen atoms in total. The topological polar surface area (TPSA) is 262 Å². The molecule has 4 aliphatic rings. The van der Waals surface area contributed by atoms with Gasteiger partial charge < -0.3 is 41.2 Å². The molecule has 2 aliphatic heterocycles. The maximum Gasteiger partial charge on any atom is 1.00 e. The summed E-state index contributed by atoms with van der Waals surface area (Å²) in [4.78, 5) is 105. The third kappa shape index (κ3) is 16.0. The van der Waals surface area contributed by atoms with Crippen LogP contribution in [0.5, 0.6) is 0 Å². The second kappa shape index (κ2) is 25.4. The molecule has 342 valence electrons. The number of halogens is 3. The molecular weight excluding hydrogens is 973 g/mol. The van der Waals surface area contributed by atoms with Crippen molar-refractivity contribution < 1.29 is 185 Å². The van der Waals surface area contributed by atoms with Crippen molar-refractivity contribution in [3.05, 3.63) is 58.2 Å². The molecule has 64 heavy (non-hydrogen) atoms. The van der Waals surface area contributed by atoms with Crippen LogP contribution in [0.2, 0.25) is 0 Å². The van der Waals surface area contributed by atoms with E-state index < -0.39 is 70.9 Å². The van der Waals surface area contributed by atoms with Crippen molar-refractivity contribution in [3.63, 3.8) is 0 Å². The van der Waals surface area contributed by atoms with Gasteiger partial charge in [0.1, 0.15) is 34.7 Å². The van der Waals surface area contributed by atoms with Crippen molar-refractivity contribution in [2.24, 2.45) is 0 Å². The van der Waals surface area contributed by atoms with Gasteiger partial charge in [0.25, 0.3) is 18.3 Å². The van der Waals surface area contributed by atoms with Gasteiger partial charge in [0, 0.05) is 37.8 Å². The molecule has 2 fully saturated rings. The van der Waals surface area contributed by atoms with Crippen LogP contribution < -0.4 is 124 Å². The summed E-state index contributed by atoms with van der Waals surface area (Å²) in [6.07, 6.45) is -0.599. The van der Waals surface area contributed by atoms with Gasteiger partial charge in [0.05, 0.1) is 11.4 Å². The van der Waals surface area contributed by atoms with E-state index in [1.54, 1.807) is 20.8 Å². The van der Waals surface area contributed by atoms with Crippen molar-refractivity contribution in [2.45, 2.75) is 111 Å². The number of amides is 6. The molecule has 0 radical (unpaired) electrons. The van der Waals surface area contributed by atoms with Crippen LogP contribution in [0.25, 0.3) is 0 Å². The fourth-order valence-electron chi connectivity index (χ4n) is 6.51. The van der Waals surface area contributed by atoms with E-state index in [0.29, 0.717) is 34.4 Å². The van der Waals surface area contributed by atoms with E-state index in [9.17, 15) is 47.1 Å². The van der Waals surface area contributed by atoms with Crippen LogP contribution in [-0.2, 0) is 81.4 Å². The van der Waals surface area contributed by atoms with Crippen molar-refractivity contribution >= 4 is 81.5 Å². The summed E-state index contributed by atoms with van der Waals surface area (Å²) in [5, 5.41) is 15.5. The van der Waals surface area contributed by atoms with E-state index in [2.05, 4.69) is 36.8 Å². The number of anilines is 2. The largest absolute Gasteiger partial charge is 1.00 e. The number of benzene rings is 2. The maximum absolute atomic E-state index is 14.4. The average Bonchev–Trinajstić information content (AvgIpc) is 3.83. The fourth-order valence-corrected chi connectivity index (χ4v) is 6.63. The Morgan fingerprint density at radius 1 is 0.828 bits per heavy atom. The van der Waals surface area contributed by atoms with Crippen LogP contribution in [-0.4, -0.2) is 82.2 Å². The molecule has 2 spiro atoms. The molecular formula is C40H49BrF2K2N4O15. The number of rotatable bonds is 6. The second-order valence-corrected chi connectivity index (χ2v) is 16.2. The normalized spacial score (nSPS) is 18.4. The third-order valence-corrected chi connectivity index (χ3v) is 9.03. The molecule has 0 saturated carbocycles. The number of hydrogen-bond acceptors (Lipinski definition) is 15. The van der Waals surface area contributed by atoms with Crippen molar-refractivity contribution in [2.75, 3.05) is 22.5 Å². The number of alkyl carbamates (subject to hydrolysis) is 1. The van der Waals surface area contributed by atoms with Gasteiger partial charge in [-0.05, 0) is 89.8 Å². The number of aryl methyl sites for hydroxylation is 2. The molecule has 2 aliphatic carbocycles. The average molecular weight is 1020 g/mol. The summed E-state index contributed by atoms with van der Waals surface area (Å²) in [5.41, 5.74) is -2.34. The number of nitrogens with one attached hydrogen (secondary N) is 3. The van der Waals surface area contributed by atoms with Crippen LogP contribution in [0.3, 0.4) is 0 Å². The quantitative estimate of drug-likeness (QED) is 0.0557. The Labute approximate surface area is 462 Å². The molecule has 2 heterocycles. The van der Waals surface area contributed by atoms with Gasteiger partial charge in [-0.25, -0.2) is 23.3 Å². The first-order valence-electron chi connectivity index (χ1n) is 18.2. The van der Waals surface area contributed by atoms with Gasteiger partial charge in [-0.2, -0.15) is 0 Å². The predicted octanol–water partition coefficient (Wildman–Crippen LogP) is -1.65. The number of ether oxygens (including phenoxy) is 4. The van der Waals surface area contributed by atoms with Gasteiger partial charge in [0.15, 0.2) is 0 Å². The molecule has 24 heteroatoms. The smallest absolute Gasteiger partial charge is 1.00 e. The Hall–Kier alpha value is -2.76. The van der Waals surface area contributed by atoms with Crippen LogP contribution >= 0.6 is 15.9 Å². The summed E-state index contributed by atoms with van der Waals surface area (Å²) in [7, 11) is 0. The van der Waals surface area contributed by atoms with Crippen molar-refractivity contribution in [3.8, 4) is 0 Å². The van der Waals surface area contributed by atoms with E-state index in [0.717, 1.165) is 12.1 Å². The number of hydrogen-bond donors (Lipinski definition) is 3. The molecule has 2 aromatic carbocycles. The summed E-state index contributed by atoms with van der Waals surface area (Å²) in [6.45, 7) is 12.3. The number of carbonyl (C=O) groups excluding carboxylic acids is 9. The van der Waals surface area contributed by atoms with Gasteiger partial charge in [-0.15, -0.1) is 0 Å². The van der Waals surface area contributed by atoms with Crippen LogP contribution in [0, 0.1) is 11.6 Å².